The molecule has 0 saturated heterocycles. The molecule has 0 aromatic carbocycles. The van der Waals surface area contributed by atoms with Crippen LogP contribution in [0.3, 0.4) is 0 Å². The average molecular weight is 246 g/mol. The van der Waals surface area contributed by atoms with Crippen molar-refractivity contribution < 1.29 is 13.2 Å². The zero-order valence-electron chi connectivity index (χ0n) is 10.2. The maximum atomic E-state index is 12.2. The van der Waals surface area contributed by atoms with Crippen LogP contribution >= 0.6 is 0 Å². The lowest BCUT2D eigenvalue weighted by Gasteiger charge is -2.18. The van der Waals surface area contributed by atoms with Gasteiger partial charge in [-0.2, -0.15) is 13.2 Å². The molecule has 0 fully saturated rings. The summed E-state index contributed by atoms with van der Waals surface area (Å²) in [6.45, 7) is 3.68. The number of aromatic nitrogens is 1. The molecule has 1 aromatic heterocycles. The van der Waals surface area contributed by atoms with Crippen LogP contribution in [0.15, 0.2) is 12.1 Å². The number of hydrogen-bond donors (Lipinski definition) is 1. The number of aryl methyl sites for hydroxylation is 2. The Labute approximate surface area is 99.3 Å². The topological polar surface area (TPSA) is 24.9 Å². The minimum absolute atomic E-state index is 0.0445. The van der Waals surface area contributed by atoms with E-state index < -0.39 is 12.6 Å². The molecule has 1 atom stereocenters. The first-order valence-electron chi connectivity index (χ1n) is 5.51. The van der Waals surface area contributed by atoms with Crippen LogP contribution in [0.1, 0.15) is 35.8 Å². The van der Waals surface area contributed by atoms with Gasteiger partial charge in [0.1, 0.15) is 0 Å². The van der Waals surface area contributed by atoms with Crippen LogP contribution in [-0.2, 0) is 0 Å². The molecule has 0 aliphatic carbocycles. The predicted octanol–water partition coefficient (Wildman–Crippen LogP) is 3.30. The van der Waals surface area contributed by atoms with E-state index in [0.717, 1.165) is 17.0 Å². The molecule has 0 radical (unpaired) electrons. The van der Waals surface area contributed by atoms with Gasteiger partial charge in [0.2, 0.25) is 0 Å². The first-order valence-corrected chi connectivity index (χ1v) is 5.51. The van der Waals surface area contributed by atoms with Gasteiger partial charge in [-0.25, -0.2) is 0 Å². The van der Waals surface area contributed by atoms with Crippen molar-refractivity contribution in [3.05, 3.63) is 29.1 Å². The molecule has 0 bridgehead atoms. The van der Waals surface area contributed by atoms with E-state index in [1.54, 1.807) is 7.05 Å². The van der Waals surface area contributed by atoms with Gasteiger partial charge in [-0.1, -0.05) is 0 Å². The number of hydrogen-bond acceptors (Lipinski definition) is 2. The van der Waals surface area contributed by atoms with Crippen LogP contribution in [0.2, 0.25) is 0 Å². The number of pyridine rings is 1. The minimum atomic E-state index is -4.10. The molecule has 5 heteroatoms. The van der Waals surface area contributed by atoms with Crippen molar-refractivity contribution in [3.8, 4) is 0 Å². The highest BCUT2D eigenvalue weighted by molar-refractivity contribution is 5.23. The van der Waals surface area contributed by atoms with Crippen LogP contribution in [0.4, 0.5) is 13.2 Å². The highest BCUT2D eigenvalue weighted by Gasteiger charge is 2.28. The van der Waals surface area contributed by atoms with Crippen LogP contribution in [-0.4, -0.2) is 18.2 Å². The zero-order valence-corrected chi connectivity index (χ0v) is 10.2. The molecule has 1 N–H and O–H groups in total. The smallest absolute Gasteiger partial charge is 0.313 e. The lowest BCUT2D eigenvalue weighted by atomic mass is 10.0. The summed E-state index contributed by atoms with van der Waals surface area (Å²) in [7, 11) is 1.67. The second kappa shape index (κ2) is 5.49. The van der Waals surface area contributed by atoms with Crippen molar-refractivity contribution in [3.63, 3.8) is 0 Å². The summed E-state index contributed by atoms with van der Waals surface area (Å²) in [5.74, 6) is 0. The minimum Gasteiger partial charge on any atom is -0.313 e. The van der Waals surface area contributed by atoms with Gasteiger partial charge in [0.15, 0.2) is 0 Å². The maximum Gasteiger partial charge on any atom is 0.389 e. The van der Waals surface area contributed by atoms with Crippen molar-refractivity contribution >= 4 is 0 Å². The summed E-state index contributed by atoms with van der Waals surface area (Å²) in [6, 6.07) is 3.37. The first kappa shape index (κ1) is 14.0. The van der Waals surface area contributed by atoms with Crippen molar-refractivity contribution in [2.75, 3.05) is 7.05 Å². The largest absolute Gasteiger partial charge is 0.389 e. The van der Waals surface area contributed by atoms with E-state index in [1.165, 1.54) is 0 Å². The molecule has 2 nitrogen and oxygen atoms in total. The Morgan fingerprint density at radius 1 is 1.24 bits per heavy atom. The lowest BCUT2D eigenvalue weighted by Crippen LogP contribution is -2.20. The third kappa shape index (κ3) is 4.73. The summed E-state index contributed by atoms with van der Waals surface area (Å²) >= 11 is 0. The molecule has 1 unspecified atom stereocenters. The molecule has 1 aromatic rings. The molecule has 1 rings (SSSR count). The maximum absolute atomic E-state index is 12.2. The van der Waals surface area contributed by atoms with Crippen molar-refractivity contribution in [2.45, 2.75) is 38.9 Å². The van der Waals surface area contributed by atoms with E-state index in [9.17, 15) is 13.2 Å². The Morgan fingerprint density at radius 3 is 2.18 bits per heavy atom. The quantitative estimate of drug-likeness (QED) is 0.881. The Kier molecular flexibility index (Phi) is 4.51. The fourth-order valence-electron chi connectivity index (χ4n) is 1.85. The van der Waals surface area contributed by atoms with E-state index in [1.807, 2.05) is 26.0 Å². The molecule has 1 heterocycles. The standard InChI is InChI=1S/C12H17F3N2/c1-8-6-10(7-9(2)17-8)11(16-3)4-5-12(13,14)15/h6-7,11,16H,4-5H2,1-3H3. The van der Waals surface area contributed by atoms with E-state index in [2.05, 4.69) is 10.3 Å². The summed E-state index contributed by atoms with van der Waals surface area (Å²) in [5.41, 5.74) is 2.52. The monoisotopic (exact) mass is 246 g/mol. The van der Waals surface area contributed by atoms with Gasteiger partial charge in [-0.15, -0.1) is 0 Å². The highest BCUT2D eigenvalue weighted by Crippen LogP contribution is 2.27. The second-order valence-electron chi connectivity index (χ2n) is 4.18. The Morgan fingerprint density at radius 2 is 1.76 bits per heavy atom. The fraction of sp³-hybridized carbons (Fsp3) is 0.583. The van der Waals surface area contributed by atoms with E-state index in [-0.39, 0.29) is 12.5 Å². The number of alkyl halides is 3. The summed E-state index contributed by atoms with van der Waals surface area (Å²) in [6.07, 6.45) is -4.84. The van der Waals surface area contributed by atoms with E-state index in [0.29, 0.717) is 0 Å². The van der Waals surface area contributed by atoms with Crippen molar-refractivity contribution in [1.82, 2.24) is 10.3 Å². The van der Waals surface area contributed by atoms with Crippen molar-refractivity contribution in [1.29, 1.82) is 0 Å². The van der Waals surface area contributed by atoms with Crippen LogP contribution in [0, 0.1) is 13.8 Å². The second-order valence-corrected chi connectivity index (χ2v) is 4.18. The highest BCUT2D eigenvalue weighted by atomic mass is 19.4. The number of halogens is 3. The fourth-order valence-corrected chi connectivity index (χ4v) is 1.85. The third-order valence-electron chi connectivity index (χ3n) is 2.57. The normalized spacial score (nSPS) is 13.8. The molecule has 0 aliphatic heterocycles. The summed E-state index contributed by atoms with van der Waals surface area (Å²) in [4.78, 5) is 4.21. The molecular weight excluding hydrogens is 229 g/mol. The molecule has 0 saturated carbocycles. The lowest BCUT2D eigenvalue weighted by molar-refractivity contribution is -0.136. The van der Waals surface area contributed by atoms with Gasteiger partial charge in [0.05, 0.1) is 0 Å². The predicted molar refractivity (Wildman–Crippen MR) is 60.8 cm³/mol. The van der Waals surface area contributed by atoms with Crippen LogP contribution in [0.25, 0.3) is 0 Å². The number of nitrogens with one attached hydrogen (secondary N) is 1. The average Bonchev–Trinajstić information content (AvgIpc) is 2.15. The van der Waals surface area contributed by atoms with Gasteiger partial charge in [-0.3, -0.25) is 4.98 Å². The summed E-state index contributed by atoms with van der Waals surface area (Å²) < 4.78 is 36.6. The number of nitrogens with zero attached hydrogens (tertiary/aromatic N) is 1. The SMILES string of the molecule is CNC(CCC(F)(F)F)c1cc(C)nc(C)c1. The molecular formula is C12H17F3N2. The van der Waals surface area contributed by atoms with Crippen molar-refractivity contribution in [2.24, 2.45) is 0 Å². The van der Waals surface area contributed by atoms with Crippen LogP contribution < -0.4 is 5.32 Å². The Bertz CT molecular complexity index is 354. The molecule has 96 valence electrons. The van der Waals surface area contributed by atoms with Gasteiger partial charge < -0.3 is 5.32 Å². The zero-order chi connectivity index (χ0) is 13.1. The van der Waals surface area contributed by atoms with Gasteiger partial charge >= 0.3 is 6.18 Å². The molecule has 0 spiro atoms. The Balaban J connectivity index is 2.79. The molecule has 0 amide bonds. The van der Waals surface area contributed by atoms with E-state index in [4.69, 9.17) is 0 Å². The molecule has 17 heavy (non-hydrogen) atoms. The molecule has 0 aliphatic rings. The Hall–Kier alpha value is -1.10. The van der Waals surface area contributed by atoms with Crippen LogP contribution in [0.5, 0.6) is 0 Å². The number of rotatable bonds is 4. The van der Waals surface area contributed by atoms with Gasteiger partial charge in [0, 0.05) is 23.9 Å². The van der Waals surface area contributed by atoms with E-state index >= 15 is 0 Å². The third-order valence-corrected chi connectivity index (χ3v) is 2.57. The first-order chi connectivity index (χ1) is 7.81. The summed E-state index contributed by atoms with van der Waals surface area (Å²) in [5, 5.41) is 2.92. The van der Waals surface area contributed by atoms with Gasteiger partial charge in [0.25, 0.3) is 0 Å². The van der Waals surface area contributed by atoms with Gasteiger partial charge in [-0.05, 0) is 45.0 Å².